The Balaban J connectivity index is 1.73. The Morgan fingerprint density at radius 3 is 2.52 bits per heavy atom. The van der Waals surface area contributed by atoms with Crippen LogP contribution in [0.4, 0.5) is 0 Å². The van der Waals surface area contributed by atoms with E-state index in [1.807, 2.05) is 26.0 Å². The smallest absolute Gasteiger partial charge is 0.224 e. The summed E-state index contributed by atoms with van der Waals surface area (Å²) < 4.78 is 5.63. The summed E-state index contributed by atoms with van der Waals surface area (Å²) in [7, 11) is 0. The first-order chi connectivity index (χ1) is 11.1. The summed E-state index contributed by atoms with van der Waals surface area (Å²) in [6.07, 6.45) is 1.44. The van der Waals surface area contributed by atoms with Gasteiger partial charge in [0.05, 0.1) is 13.0 Å². The first-order valence-electron chi connectivity index (χ1n) is 8.13. The van der Waals surface area contributed by atoms with Gasteiger partial charge in [-0.2, -0.15) is 0 Å². The molecule has 3 nitrogen and oxygen atoms in total. The quantitative estimate of drug-likeness (QED) is 0.793. The van der Waals surface area contributed by atoms with Crippen LogP contribution in [0.2, 0.25) is 0 Å². The summed E-state index contributed by atoms with van der Waals surface area (Å²) in [5.41, 5.74) is 4.70. The zero-order chi connectivity index (χ0) is 16.7. The molecular weight excluding hydrogens is 286 g/mol. The average molecular weight is 311 g/mol. The molecule has 0 aliphatic carbocycles. The molecule has 3 heteroatoms. The van der Waals surface area contributed by atoms with E-state index >= 15 is 0 Å². The number of nitrogens with one attached hydrogen (secondary N) is 1. The van der Waals surface area contributed by atoms with E-state index in [9.17, 15) is 4.79 Å². The van der Waals surface area contributed by atoms with Crippen molar-refractivity contribution in [2.45, 2.75) is 33.6 Å². The summed E-state index contributed by atoms with van der Waals surface area (Å²) in [6.45, 7) is 7.19. The van der Waals surface area contributed by atoms with Crippen molar-refractivity contribution in [1.82, 2.24) is 5.32 Å². The van der Waals surface area contributed by atoms with Crippen molar-refractivity contribution in [3.8, 4) is 5.75 Å². The van der Waals surface area contributed by atoms with Crippen LogP contribution < -0.4 is 10.1 Å². The molecule has 0 radical (unpaired) electrons. The summed E-state index contributed by atoms with van der Waals surface area (Å²) in [4.78, 5) is 12.0. The molecule has 0 saturated carbocycles. The molecule has 0 spiro atoms. The lowest BCUT2D eigenvalue weighted by molar-refractivity contribution is -0.120. The number of carbonyl (C=O) groups excluding carboxylic acids is 1. The van der Waals surface area contributed by atoms with Crippen LogP contribution in [0.25, 0.3) is 0 Å². The fourth-order valence-corrected chi connectivity index (χ4v) is 2.41. The highest BCUT2D eigenvalue weighted by atomic mass is 16.5. The molecular formula is C20H25NO2. The Labute approximate surface area is 138 Å². The maximum absolute atomic E-state index is 12.0. The second kappa shape index (κ2) is 8.37. The third kappa shape index (κ3) is 5.44. The largest absolute Gasteiger partial charge is 0.492 e. The fraction of sp³-hybridized carbons (Fsp3) is 0.350. The van der Waals surface area contributed by atoms with Crippen molar-refractivity contribution >= 4 is 5.91 Å². The van der Waals surface area contributed by atoms with Gasteiger partial charge in [0.1, 0.15) is 12.4 Å². The molecule has 2 aromatic carbocycles. The minimum Gasteiger partial charge on any atom is -0.492 e. The van der Waals surface area contributed by atoms with E-state index in [4.69, 9.17) is 4.74 Å². The molecule has 0 aliphatic rings. The summed E-state index contributed by atoms with van der Waals surface area (Å²) >= 11 is 0. The van der Waals surface area contributed by atoms with Crippen LogP contribution in [0.3, 0.4) is 0 Å². The van der Waals surface area contributed by atoms with Crippen LogP contribution in [0.5, 0.6) is 5.75 Å². The first kappa shape index (κ1) is 17.1. The molecule has 2 aromatic rings. The molecule has 0 atom stereocenters. The van der Waals surface area contributed by atoms with Gasteiger partial charge < -0.3 is 10.1 Å². The maximum atomic E-state index is 12.0. The lowest BCUT2D eigenvalue weighted by atomic mass is 10.0. The van der Waals surface area contributed by atoms with Crippen LogP contribution in [-0.4, -0.2) is 19.1 Å². The number of amides is 1. The summed E-state index contributed by atoms with van der Waals surface area (Å²) in [5.74, 6) is 0.870. The maximum Gasteiger partial charge on any atom is 0.224 e. The average Bonchev–Trinajstić information content (AvgIpc) is 2.55. The van der Waals surface area contributed by atoms with Crippen molar-refractivity contribution in [2.75, 3.05) is 13.2 Å². The van der Waals surface area contributed by atoms with E-state index in [2.05, 4.69) is 42.6 Å². The Bertz CT molecular complexity index is 647. The van der Waals surface area contributed by atoms with E-state index in [1.165, 1.54) is 11.1 Å². The molecule has 122 valence electrons. The van der Waals surface area contributed by atoms with Crippen molar-refractivity contribution < 1.29 is 9.53 Å². The van der Waals surface area contributed by atoms with Gasteiger partial charge in [0.25, 0.3) is 0 Å². The van der Waals surface area contributed by atoms with Crippen molar-refractivity contribution in [1.29, 1.82) is 0 Å². The molecule has 23 heavy (non-hydrogen) atoms. The van der Waals surface area contributed by atoms with Gasteiger partial charge in [-0.1, -0.05) is 42.8 Å². The number of aryl methyl sites for hydroxylation is 3. The highest BCUT2D eigenvalue weighted by Crippen LogP contribution is 2.12. The van der Waals surface area contributed by atoms with Gasteiger partial charge in [-0.15, -0.1) is 0 Å². The van der Waals surface area contributed by atoms with Crippen LogP contribution in [0.15, 0.2) is 42.5 Å². The molecule has 1 amide bonds. The van der Waals surface area contributed by atoms with E-state index in [0.29, 0.717) is 19.6 Å². The van der Waals surface area contributed by atoms with E-state index in [-0.39, 0.29) is 5.91 Å². The second-order valence-electron chi connectivity index (χ2n) is 5.80. The minimum absolute atomic E-state index is 0.0311. The molecule has 0 saturated heterocycles. The number of ether oxygens (including phenoxy) is 1. The lowest BCUT2D eigenvalue weighted by Crippen LogP contribution is -2.29. The standard InChI is InChI=1S/C20H25NO2/c1-4-17-7-9-19(10-8-17)23-12-11-21-20(22)14-18-13-15(2)5-6-16(18)3/h5-10,13H,4,11-12,14H2,1-3H3,(H,21,22). The first-order valence-corrected chi connectivity index (χ1v) is 8.13. The van der Waals surface area contributed by atoms with Gasteiger partial charge in [0.2, 0.25) is 5.91 Å². The molecule has 0 unspecified atom stereocenters. The Morgan fingerprint density at radius 2 is 1.83 bits per heavy atom. The molecule has 0 bridgehead atoms. The zero-order valence-electron chi connectivity index (χ0n) is 14.2. The SMILES string of the molecule is CCc1ccc(OCCNC(=O)Cc2cc(C)ccc2C)cc1. The Morgan fingerprint density at radius 1 is 1.09 bits per heavy atom. The molecule has 0 aliphatic heterocycles. The number of hydrogen-bond donors (Lipinski definition) is 1. The van der Waals surface area contributed by atoms with Crippen LogP contribution >= 0.6 is 0 Å². The van der Waals surface area contributed by atoms with Crippen LogP contribution in [0, 0.1) is 13.8 Å². The topological polar surface area (TPSA) is 38.3 Å². The van der Waals surface area contributed by atoms with Crippen molar-refractivity contribution in [3.05, 3.63) is 64.7 Å². The predicted molar refractivity (Wildman–Crippen MR) is 93.9 cm³/mol. The highest BCUT2D eigenvalue weighted by Gasteiger charge is 2.06. The number of benzene rings is 2. The third-order valence-electron chi connectivity index (χ3n) is 3.88. The number of rotatable bonds is 7. The molecule has 0 aromatic heterocycles. The van der Waals surface area contributed by atoms with Crippen LogP contribution in [0.1, 0.15) is 29.2 Å². The summed E-state index contributed by atoms with van der Waals surface area (Å²) in [5, 5.41) is 2.91. The Kier molecular flexibility index (Phi) is 6.21. The van der Waals surface area contributed by atoms with E-state index in [0.717, 1.165) is 23.3 Å². The van der Waals surface area contributed by atoms with Crippen molar-refractivity contribution in [2.24, 2.45) is 0 Å². The monoisotopic (exact) mass is 311 g/mol. The minimum atomic E-state index is 0.0311. The third-order valence-corrected chi connectivity index (χ3v) is 3.88. The lowest BCUT2D eigenvalue weighted by Gasteiger charge is -2.10. The van der Waals surface area contributed by atoms with Crippen LogP contribution in [-0.2, 0) is 17.6 Å². The number of hydrogen-bond acceptors (Lipinski definition) is 2. The molecule has 1 N–H and O–H groups in total. The highest BCUT2D eigenvalue weighted by molar-refractivity contribution is 5.78. The predicted octanol–water partition coefficient (Wildman–Crippen LogP) is 3.60. The van der Waals surface area contributed by atoms with E-state index < -0.39 is 0 Å². The second-order valence-corrected chi connectivity index (χ2v) is 5.80. The molecule has 2 rings (SSSR count). The summed E-state index contributed by atoms with van der Waals surface area (Å²) in [6, 6.07) is 14.3. The van der Waals surface area contributed by atoms with Gasteiger partial charge in [-0.05, 0) is 49.1 Å². The number of carbonyl (C=O) groups is 1. The molecule has 0 fully saturated rings. The Hall–Kier alpha value is -2.29. The fourth-order valence-electron chi connectivity index (χ4n) is 2.41. The molecule has 0 heterocycles. The van der Waals surface area contributed by atoms with E-state index in [1.54, 1.807) is 0 Å². The van der Waals surface area contributed by atoms with Gasteiger partial charge in [-0.3, -0.25) is 4.79 Å². The zero-order valence-corrected chi connectivity index (χ0v) is 14.2. The van der Waals surface area contributed by atoms with Gasteiger partial charge in [-0.25, -0.2) is 0 Å². The van der Waals surface area contributed by atoms with Crippen molar-refractivity contribution in [3.63, 3.8) is 0 Å². The normalized spacial score (nSPS) is 10.4. The van der Waals surface area contributed by atoms with Gasteiger partial charge >= 0.3 is 0 Å². The van der Waals surface area contributed by atoms with Gasteiger partial charge in [0.15, 0.2) is 0 Å². The van der Waals surface area contributed by atoms with Gasteiger partial charge in [0, 0.05) is 0 Å².